The summed E-state index contributed by atoms with van der Waals surface area (Å²) in [7, 11) is 0. The number of aliphatic hydroxyl groups is 3. The van der Waals surface area contributed by atoms with E-state index in [4.69, 9.17) is 16.5 Å². The molecule has 0 amide bonds. The molecule has 1 saturated heterocycles. The third-order valence-corrected chi connectivity index (χ3v) is 3.84. The van der Waals surface area contributed by atoms with E-state index in [1.807, 2.05) is 5.48 Å². The summed E-state index contributed by atoms with van der Waals surface area (Å²) in [5.74, 6) is -0.136. The summed E-state index contributed by atoms with van der Waals surface area (Å²) in [5.41, 5.74) is 0.207. The highest BCUT2D eigenvalue weighted by Crippen LogP contribution is 2.41. The first kappa shape index (κ1) is 15.5. The predicted molar refractivity (Wildman–Crippen MR) is 74.6 cm³/mol. The molecule has 1 aliphatic rings. The Morgan fingerprint density at radius 1 is 1.52 bits per heavy atom. The van der Waals surface area contributed by atoms with Crippen molar-refractivity contribution in [3.8, 4) is 0 Å². The molecule has 23 heavy (non-hydrogen) atoms. The van der Waals surface area contributed by atoms with E-state index in [0.29, 0.717) is 0 Å². The predicted octanol–water partition coefficient (Wildman–Crippen LogP) is -0.820. The van der Waals surface area contributed by atoms with Gasteiger partial charge < -0.3 is 24.9 Å². The first-order chi connectivity index (χ1) is 11.0. The van der Waals surface area contributed by atoms with Crippen molar-refractivity contribution < 1.29 is 25.3 Å². The molecule has 11 nitrogen and oxygen atoms in total. The van der Waals surface area contributed by atoms with Crippen LogP contribution >= 0.6 is 0 Å². The van der Waals surface area contributed by atoms with Crippen molar-refractivity contribution in [3.63, 3.8) is 0 Å². The Morgan fingerprint density at radius 2 is 2.26 bits per heavy atom. The van der Waals surface area contributed by atoms with E-state index < -0.39 is 30.6 Å². The maximum Gasteiger partial charge on any atom is 0.308 e. The average molecular weight is 322 g/mol. The fraction of sp³-hybridized carbons (Fsp3) is 0.500. The minimum absolute atomic E-state index is 0.0239. The molecule has 122 valence electrons. The van der Waals surface area contributed by atoms with Crippen LogP contribution in [0, 0.1) is 6.57 Å². The molecule has 1 aliphatic heterocycles. The molecule has 4 atom stereocenters. The molecule has 0 bridgehead atoms. The van der Waals surface area contributed by atoms with Gasteiger partial charge in [-0.25, -0.2) is 9.97 Å². The van der Waals surface area contributed by atoms with Crippen LogP contribution in [-0.4, -0.2) is 64.7 Å². The van der Waals surface area contributed by atoms with Gasteiger partial charge in [-0.15, -0.1) is 4.68 Å². The van der Waals surface area contributed by atoms with Gasteiger partial charge in [-0.05, 0) is 12.0 Å². The zero-order valence-electron chi connectivity index (χ0n) is 11.9. The van der Waals surface area contributed by atoms with Crippen molar-refractivity contribution in [1.29, 1.82) is 0 Å². The number of aliphatic hydroxyl groups excluding tert-OH is 2. The summed E-state index contributed by atoms with van der Waals surface area (Å²) in [5, 5.41) is 43.1. The van der Waals surface area contributed by atoms with Crippen LogP contribution in [0.25, 0.3) is 15.9 Å². The summed E-state index contributed by atoms with van der Waals surface area (Å²) in [4.78, 5) is 11.0. The van der Waals surface area contributed by atoms with Crippen LogP contribution in [0.5, 0.6) is 0 Å². The maximum atomic E-state index is 10.5. The molecule has 0 aliphatic carbocycles. The smallest absolute Gasteiger partial charge is 0.308 e. The van der Waals surface area contributed by atoms with Crippen molar-refractivity contribution in [1.82, 2.24) is 19.7 Å². The third kappa shape index (κ3) is 2.12. The average Bonchev–Trinajstić information content (AvgIpc) is 3.03. The van der Waals surface area contributed by atoms with E-state index in [1.54, 1.807) is 0 Å². The number of nitrogens with zero attached hydrogens (tertiary/aromatic N) is 5. The molecule has 0 radical (unpaired) electrons. The summed E-state index contributed by atoms with van der Waals surface area (Å²) in [6.07, 6.45) is -2.42. The lowest BCUT2D eigenvalue weighted by Crippen LogP contribution is -2.44. The van der Waals surface area contributed by atoms with Crippen LogP contribution in [0.1, 0.15) is 13.2 Å². The minimum Gasteiger partial charge on any atom is -0.394 e. The fourth-order valence-corrected chi connectivity index (χ4v) is 2.63. The molecule has 2 aromatic rings. The van der Waals surface area contributed by atoms with E-state index in [1.165, 1.54) is 6.92 Å². The lowest BCUT2D eigenvalue weighted by atomic mass is 9.97. The SMILES string of the molecule is [C-]#[N+]c1nn(C2OC(CO)C(O)[C@@]2(C)O)c2ncnc(NO)c12. The van der Waals surface area contributed by atoms with Crippen LogP contribution < -0.4 is 5.48 Å². The van der Waals surface area contributed by atoms with E-state index in [-0.39, 0.29) is 22.7 Å². The first-order valence-electron chi connectivity index (χ1n) is 6.63. The molecular weight excluding hydrogens is 308 g/mol. The Kier molecular flexibility index (Phi) is 3.63. The van der Waals surface area contributed by atoms with Gasteiger partial charge in [0.2, 0.25) is 6.23 Å². The highest BCUT2D eigenvalue weighted by Gasteiger charge is 2.54. The second-order valence-electron chi connectivity index (χ2n) is 5.29. The zero-order chi connectivity index (χ0) is 16.8. The topological polar surface area (TPSA) is 150 Å². The molecule has 3 heterocycles. The molecule has 11 heteroatoms. The van der Waals surface area contributed by atoms with Gasteiger partial charge in [-0.1, -0.05) is 6.57 Å². The van der Waals surface area contributed by atoms with Crippen LogP contribution in [0.3, 0.4) is 0 Å². The molecule has 5 N–H and O–H groups in total. The summed E-state index contributed by atoms with van der Waals surface area (Å²) in [6, 6.07) is 0. The number of rotatable bonds is 3. The van der Waals surface area contributed by atoms with Gasteiger partial charge >= 0.3 is 5.82 Å². The second-order valence-corrected chi connectivity index (χ2v) is 5.29. The lowest BCUT2D eigenvalue weighted by molar-refractivity contribution is -0.100. The molecule has 3 rings (SSSR count). The van der Waals surface area contributed by atoms with Crippen LogP contribution in [0.2, 0.25) is 0 Å². The van der Waals surface area contributed by atoms with Crippen molar-refractivity contribution >= 4 is 22.7 Å². The highest BCUT2D eigenvalue weighted by molar-refractivity contribution is 5.96. The molecule has 0 saturated carbocycles. The summed E-state index contributed by atoms with van der Waals surface area (Å²) in [6.45, 7) is 8.02. The molecule has 0 aromatic carbocycles. The number of hydrogen-bond acceptors (Lipinski definition) is 9. The van der Waals surface area contributed by atoms with Gasteiger partial charge in [0.25, 0.3) is 0 Å². The standard InChI is InChI=1S/C12H14N6O5/c1-12(21)7(20)5(3-19)23-11(12)18-10-6(8(13-2)16-18)9(17-22)14-4-15-10/h4-5,7,11,19-22H,3H2,1H3,(H,14,15,17)/t5?,7?,11?,12-/m1/s1. The minimum atomic E-state index is -1.77. The second kappa shape index (κ2) is 5.37. The molecule has 2 aromatic heterocycles. The van der Waals surface area contributed by atoms with Crippen molar-refractivity contribution in [2.24, 2.45) is 0 Å². The van der Waals surface area contributed by atoms with E-state index in [2.05, 4.69) is 19.9 Å². The number of ether oxygens (including phenoxy) is 1. The number of aromatic nitrogens is 4. The Balaban J connectivity index is 2.20. The molecule has 3 unspecified atom stereocenters. The van der Waals surface area contributed by atoms with Gasteiger partial charge in [0.05, 0.1) is 12.0 Å². The molecule has 1 fully saturated rings. The van der Waals surface area contributed by atoms with E-state index >= 15 is 0 Å². The van der Waals surface area contributed by atoms with Gasteiger partial charge in [-0.2, -0.15) is 0 Å². The van der Waals surface area contributed by atoms with Crippen molar-refractivity contribution in [3.05, 3.63) is 17.7 Å². The maximum absolute atomic E-state index is 10.5. The third-order valence-electron chi connectivity index (χ3n) is 3.84. The Bertz CT molecular complexity index is 784. The Morgan fingerprint density at radius 3 is 2.83 bits per heavy atom. The number of nitrogens with one attached hydrogen (secondary N) is 1. The Labute approximate surface area is 129 Å². The lowest BCUT2D eigenvalue weighted by Gasteiger charge is -2.25. The van der Waals surface area contributed by atoms with Crippen molar-refractivity contribution in [2.75, 3.05) is 12.1 Å². The number of anilines is 1. The van der Waals surface area contributed by atoms with Gasteiger partial charge in [-0.3, -0.25) is 10.7 Å². The number of hydrogen-bond donors (Lipinski definition) is 5. The van der Waals surface area contributed by atoms with E-state index in [9.17, 15) is 15.3 Å². The monoisotopic (exact) mass is 322 g/mol. The zero-order valence-corrected chi connectivity index (χ0v) is 11.9. The molecule has 0 spiro atoms. The van der Waals surface area contributed by atoms with Crippen molar-refractivity contribution in [2.45, 2.75) is 31.0 Å². The summed E-state index contributed by atoms with van der Waals surface area (Å²) >= 11 is 0. The van der Waals surface area contributed by atoms with Gasteiger partial charge in [0.1, 0.15) is 24.1 Å². The number of fused-ring (bicyclic) bond motifs is 1. The largest absolute Gasteiger partial charge is 0.394 e. The van der Waals surface area contributed by atoms with Crippen LogP contribution in [0.4, 0.5) is 11.6 Å². The van der Waals surface area contributed by atoms with Crippen LogP contribution in [-0.2, 0) is 4.74 Å². The quantitative estimate of drug-likeness (QED) is 0.360. The molecular formula is C12H14N6O5. The van der Waals surface area contributed by atoms with Crippen LogP contribution in [0.15, 0.2) is 6.33 Å². The van der Waals surface area contributed by atoms with E-state index in [0.717, 1.165) is 11.0 Å². The fourth-order valence-electron chi connectivity index (χ4n) is 2.63. The van der Waals surface area contributed by atoms with Gasteiger partial charge in [0, 0.05) is 0 Å². The van der Waals surface area contributed by atoms with Gasteiger partial charge in [0.15, 0.2) is 11.5 Å². The Hall–Kier alpha value is -2.36. The normalized spacial score (nSPS) is 30.5. The highest BCUT2D eigenvalue weighted by atomic mass is 16.6. The first-order valence-corrected chi connectivity index (χ1v) is 6.63. The summed E-state index contributed by atoms with van der Waals surface area (Å²) < 4.78 is 6.60.